The largest absolute Gasteiger partial charge is 0.507 e. The van der Waals surface area contributed by atoms with Gasteiger partial charge in [0.05, 0.1) is 0 Å². The van der Waals surface area contributed by atoms with Crippen LogP contribution < -0.4 is 0 Å². The molecule has 0 aliphatic heterocycles. The zero-order valence-corrected chi connectivity index (χ0v) is 10.7. The van der Waals surface area contributed by atoms with Gasteiger partial charge in [0.1, 0.15) is 5.75 Å². The summed E-state index contributed by atoms with van der Waals surface area (Å²) in [7, 11) is 0. The second-order valence-electron chi connectivity index (χ2n) is 4.51. The predicted octanol–water partition coefficient (Wildman–Crippen LogP) is 3.40. The fraction of sp³-hybridized carbons (Fsp3) is 0.200. The van der Waals surface area contributed by atoms with Gasteiger partial charge in [-0.1, -0.05) is 12.1 Å². The molecule has 0 aromatic heterocycles. The van der Waals surface area contributed by atoms with Gasteiger partial charge in [-0.05, 0) is 55.2 Å². The molecule has 3 nitrogen and oxygen atoms in total. The van der Waals surface area contributed by atoms with E-state index < -0.39 is 0 Å². The van der Waals surface area contributed by atoms with Crippen molar-refractivity contribution in [1.82, 2.24) is 0 Å². The molecule has 94 valence electrons. The minimum absolute atomic E-state index is 0.134. The Morgan fingerprint density at radius 1 is 0.778 bits per heavy atom. The van der Waals surface area contributed by atoms with E-state index in [1.54, 1.807) is 12.1 Å². The first-order valence-electron chi connectivity index (χ1n) is 5.74. The molecule has 0 atom stereocenters. The maximum absolute atomic E-state index is 9.91. The number of rotatable bonds is 1. The van der Waals surface area contributed by atoms with Crippen LogP contribution in [-0.2, 0) is 0 Å². The molecule has 0 fully saturated rings. The molecule has 3 heteroatoms. The Morgan fingerprint density at radius 3 is 2.11 bits per heavy atom. The van der Waals surface area contributed by atoms with Crippen LogP contribution >= 0.6 is 0 Å². The molecular formula is C15H16O3. The third kappa shape index (κ3) is 1.78. The molecule has 0 aliphatic rings. The Balaban J connectivity index is 2.76. The van der Waals surface area contributed by atoms with Gasteiger partial charge in [0, 0.05) is 5.56 Å². The zero-order valence-electron chi connectivity index (χ0n) is 10.7. The molecule has 0 bridgehead atoms. The Kier molecular flexibility index (Phi) is 2.91. The first-order chi connectivity index (χ1) is 8.43. The van der Waals surface area contributed by atoms with Gasteiger partial charge >= 0.3 is 0 Å². The van der Waals surface area contributed by atoms with Crippen molar-refractivity contribution in [2.24, 2.45) is 0 Å². The summed E-state index contributed by atoms with van der Waals surface area (Å²) in [6.45, 7) is 5.53. The lowest BCUT2D eigenvalue weighted by Crippen LogP contribution is -1.91. The van der Waals surface area contributed by atoms with Crippen LogP contribution in [-0.4, -0.2) is 15.3 Å². The number of aromatic hydroxyl groups is 3. The van der Waals surface area contributed by atoms with Crippen molar-refractivity contribution in [3.63, 3.8) is 0 Å². The first kappa shape index (κ1) is 12.3. The molecule has 18 heavy (non-hydrogen) atoms. The highest BCUT2D eigenvalue weighted by Crippen LogP contribution is 2.40. The highest BCUT2D eigenvalue weighted by molar-refractivity contribution is 5.78. The molecule has 0 saturated heterocycles. The fourth-order valence-electron chi connectivity index (χ4n) is 2.10. The van der Waals surface area contributed by atoms with Gasteiger partial charge in [0.15, 0.2) is 11.5 Å². The summed E-state index contributed by atoms with van der Waals surface area (Å²) in [5.74, 6) is -0.00346. The molecule has 0 heterocycles. The van der Waals surface area contributed by atoms with Crippen LogP contribution in [0.4, 0.5) is 0 Å². The smallest absolute Gasteiger partial charge is 0.165 e. The molecule has 2 aromatic carbocycles. The van der Waals surface area contributed by atoms with Crippen LogP contribution in [0.2, 0.25) is 0 Å². The maximum atomic E-state index is 9.91. The average Bonchev–Trinajstić information content (AvgIpc) is 2.35. The minimum atomic E-state index is -0.143. The van der Waals surface area contributed by atoms with E-state index in [1.807, 2.05) is 26.8 Å². The number of hydrogen-bond acceptors (Lipinski definition) is 3. The summed E-state index contributed by atoms with van der Waals surface area (Å²) >= 11 is 0. The van der Waals surface area contributed by atoms with Crippen molar-refractivity contribution >= 4 is 0 Å². The molecule has 2 aromatic rings. The average molecular weight is 244 g/mol. The van der Waals surface area contributed by atoms with Crippen molar-refractivity contribution in [3.05, 3.63) is 41.0 Å². The first-order valence-corrected chi connectivity index (χ1v) is 5.74. The molecule has 0 unspecified atom stereocenters. The number of benzene rings is 2. The van der Waals surface area contributed by atoms with Gasteiger partial charge in [-0.25, -0.2) is 0 Å². The normalized spacial score (nSPS) is 10.6. The Labute approximate surface area is 106 Å². The fourth-order valence-corrected chi connectivity index (χ4v) is 2.10. The van der Waals surface area contributed by atoms with E-state index in [-0.39, 0.29) is 17.2 Å². The predicted molar refractivity (Wildman–Crippen MR) is 71.1 cm³/mol. The van der Waals surface area contributed by atoms with Gasteiger partial charge in [-0.3, -0.25) is 0 Å². The summed E-state index contributed by atoms with van der Waals surface area (Å²) < 4.78 is 0. The van der Waals surface area contributed by atoms with Crippen LogP contribution in [0.25, 0.3) is 11.1 Å². The Hall–Kier alpha value is -2.16. The van der Waals surface area contributed by atoms with E-state index in [0.29, 0.717) is 5.56 Å². The maximum Gasteiger partial charge on any atom is 0.165 e. The van der Waals surface area contributed by atoms with E-state index >= 15 is 0 Å². The van der Waals surface area contributed by atoms with E-state index in [9.17, 15) is 15.3 Å². The quantitative estimate of drug-likeness (QED) is 0.674. The lowest BCUT2D eigenvalue weighted by atomic mass is 9.93. The molecule has 0 spiro atoms. The van der Waals surface area contributed by atoms with Gasteiger partial charge in [-0.15, -0.1) is 0 Å². The third-order valence-electron chi connectivity index (χ3n) is 3.36. The van der Waals surface area contributed by atoms with Crippen molar-refractivity contribution < 1.29 is 15.3 Å². The number of hydrogen-bond donors (Lipinski definition) is 3. The highest BCUT2D eigenvalue weighted by atomic mass is 16.3. The van der Waals surface area contributed by atoms with Gasteiger partial charge in [0.25, 0.3) is 0 Å². The van der Waals surface area contributed by atoms with Crippen LogP contribution in [0.1, 0.15) is 16.7 Å². The van der Waals surface area contributed by atoms with Crippen molar-refractivity contribution in [2.45, 2.75) is 20.8 Å². The molecule has 0 aliphatic carbocycles. The lowest BCUT2D eigenvalue weighted by molar-refractivity contribution is 0.405. The molecule has 0 saturated carbocycles. The summed E-state index contributed by atoms with van der Waals surface area (Å²) in [5, 5.41) is 29.3. The molecule has 0 amide bonds. The van der Waals surface area contributed by atoms with Gasteiger partial charge < -0.3 is 15.3 Å². The number of aryl methyl sites for hydroxylation is 1. The molecule has 2 rings (SSSR count). The number of phenols is 3. The number of para-hydroxylation sites is 1. The minimum Gasteiger partial charge on any atom is -0.507 e. The number of phenolic OH excluding ortho intramolecular Hbond substituents is 3. The molecular weight excluding hydrogens is 228 g/mol. The Morgan fingerprint density at radius 2 is 1.44 bits per heavy atom. The summed E-state index contributed by atoms with van der Waals surface area (Å²) in [6.07, 6.45) is 0. The molecule has 3 N–H and O–H groups in total. The van der Waals surface area contributed by atoms with Gasteiger partial charge in [-0.2, -0.15) is 0 Å². The van der Waals surface area contributed by atoms with E-state index in [2.05, 4.69) is 0 Å². The van der Waals surface area contributed by atoms with Crippen LogP contribution in [0.3, 0.4) is 0 Å². The van der Waals surface area contributed by atoms with Crippen molar-refractivity contribution in [3.8, 4) is 28.4 Å². The summed E-state index contributed by atoms with van der Waals surface area (Å²) in [6, 6.07) is 6.68. The standard InChI is InChI=1S/C15H16O3/c1-8-7-12(9(2)10(3)14(8)17)11-5-4-6-13(16)15(11)18/h4-7,16-18H,1-3H3. The van der Waals surface area contributed by atoms with Crippen molar-refractivity contribution in [2.75, 3.05) is 0 Å². The zero-order chi connectivity index (χ0) is 13.4. The SMILES string of the molecule is Cc1cc(-c2cccc(O)c2O)c(C)c(C)c1O. The van der Waals surface area contributed by atoms with Crippen LogP contribution in [0.5, 0.6) is 17.2 Å². The third-order valence-corrected chi connectivity index (χ3v) is 3.36. The highest BCUT2D eigenvalue weighted by Gasteiger charge is 2.14. The Bertz CT molecular complexity index is 616. The van der Waals surface area contributed by atoms with Crippen molar-refractivity contribution in [1.29, 1.82) is 0 Å². The van der Waals surface area contributed by atoms with Crippen LogP contribution in [0.15, 0.2) is 24.3 Å². The van der Waals surface area contributed by atoms with E-state index in [0.717, 1.165) is 22.3 Å². The lowest BCUT2D eigenvalue weighted by Gasteiger charge is -2.14. The second kappa shape index (κ2) is 4.26. The van der Waals surface area contributed by atoms with E-state index in [4.69, 9.17) is 0 Å². The second-order valence-corrected chi connectivity index (χ2v) is 4.51. The summed E-state index contributed by atoms with van der Waals surface area (Å²) in [4.78, 5) is 0. The summed E-state index contributed by atoms with van der Waals surface area (Å²) in [5.41, 5.74) is 3.80. The van der Waals surface area contributed by atoms with Gasteiger partial charge in [0.2, 0.25) is 0 Å². The van der Waals surface area contributed by atoms with Crippen LogP contribution in [0, 0.1) is 20.8 Å². The van der Waals surface area contributed by atoms with E-state index in [1.165, 1.54) is 6.07 Å². The molecule has 0 radical (unpaired) electrons. The topological polar surface area (TPSA) is 60.7 Å². The monoisotopic (exact) mass is 244 g/mol.